The molecule has 0 saturated carbocycles. The molecule has 4 rings (SSSR count). The highest BCUT2D eigenvalue weighted by Crippen LogP contribution is 2.17. The third-order valence-corrected chi connectivity index (χ3v) is 4.26. The highest BCUT2D eigenvalue weighted by Gasteiger charge is 2.13. The molecule has 0 aliphatic carbocycles. The second-order valence-corrected chi connectivity index (χ2v) is 5.87. The maximum Gasteiger partial charge on any atom is 0.224 e. The summed E-state index contributed by atoms with van der Waals surface area (Å²) in [5.74, 6) is 1.49. The zero-order valence-electron chi connectivity index (χ0n) is 12.9. The smallest absolute Gasteiger partial charge is 0.224 e. The van der Waals surface area contributed by atoms with Crippen LogP contribution in [-0.2, 0) is 0 Å². The predicted octanol–water partition coefficient (Wildman–Crippen LogP) is 2.37. The number of hydrogen-bond donors (Lipinski definition) is 2. The zero-order valence-corrected chi connectivity index (χ0v) is 12.9. The van der Waals surface area contributed by atoms with E-state index in [0.29, 0.717) is 12.0 Å². The van der Waals surface area contributed by atoms with E-state index in [9.17, 15) is 0 Å². The predicted molar refractivity (Wildman–Crippen MR) is 90.8 cm³/mol. The van der Waals surface area contributed by atoms with Crippen molar-refractivity contribution >= 4 is 17.0 Å². The quantitative estimate of drug-likeness (QED) is 0.774. The van der Waals surface area contributed by atoms with Gasteiger partial charge in [-0.3, -0.25) is 4.57 Å². The van der Waals surface area contributed by atoms with Crippen molar-refractivity contribution in [1.29, 1.82) is 0 Å². The lowest BCUT2D eigenvalue weighted by Crippen LogP contribution is -2.39. The lowest BCUT2D eigenvalue weighted by Gasteiger charge is -2.23. The van der Waals surface area contributed by atoms with Gasteiger partial charge in [-0.2, -0.15) is 4.98 Å². The summed E-state index contributed by atoms with van der Waals surface area (Å²) >= 11 is 0. The van der Waals surface area contributed by atoms with Gasteiger partial charge in [0.1, 0.15) is 12.1 Å². The van der Waals surface area contributed by atoms with E-state index in [1.165, 1.54) is 19.3 Å². The summed E-state index contributed by atoms with van der Waals surface area (Å²) in [5, 5.41) is 6.87. The number of fused-ring (bicyclic) bond motifs is 1. The standard InChI is InChI=1S/C17H20N6/c1-2-7-15-14(6-1)21-12-23(15)16-8-10-19-17(22-16)20-11-13-5-3-4-9-18-13/h1-2,6-8,10,12-13,18H,3-5,9,11H2,(H,19,20,22). The van der Waals surface area contributed by atoms with E-state index in [1.807, 2.05) is 34.9 Å². The summed E-state index contributed by atoms with van der Waals surface area (Å²) in [7, 11) is 0. The molecule has 6 heteroatoms. The van der Waals surface area contributed by atoms with Gasteiger partial charge in [0.15, 0.2) is 0 Å². The lowest BCUT2D eigenvalue weighted by molar-refractivity contribution is 0.413. The van der Waals surface area contributed by atoms with E-state index >= 15 is 0 Å². The third kappa shape index (κ3) is 3.03. The van der Waals surface area contributed by atoms with E-state index in [2.05, 4.69) is 25.6 Å². The van der Waals surface area contributed by atoms with Crippen molar-refractivity contribution in [3.8, 4) is 5.82 Å². The number of nitrogens with one attached hydrogen (secondary N) is 2. The summed E-state index contributed by atoms with van der Waals surface area (Å²) < 4.78 is 1.99. The van der Waals surface area contributed by atoms with Gasteiger partial charge in [0.2, 0.25) is 5.95 Å². The maximum atomic E-state index is 4.62. The number of piperidine rings is 1. The molecule has 2 N–H and O–H groups in total. The first-order valence-corrected chi connectivity index (χ1v) is 8.13. The second-order valence-electron chi connectivity index (χ2n) is 5.87. The van der Waals surface area contributed by atoms with Crippen LogP contribution in [0.3, 0.4) is 0 Å². The van der Waals surface area contributed by atoms with Crippen molar-refractivity contribution in [3.05, 3.63) is 42.9 Å². The maximum absolute atomic E-state index is 4.62. The Morgan fingerprint density at radius 3 is 3.04 bits per heavy atom. The van der Waals surface area contributed by atoms with E-state index in [0.717, 1.165) is 29.9 Å². The summed E-state index contributed by atoms with van der Waals surface area (Å²) in [6.45, 7) is 1.96. The minimum atomic E-state index is 0.505. The van der Waals surface area contributed by atoms with Crippen LogP contribution in [0.1, 0.15) is 19.3 Å². The van der Waals surface area contributed by atoms with E-state index < -0.39 is 0 Å². The second kappa shape index (κ2) is 6.34. The van der Waals surface area contributed by atoms with Gasteiger partial charge in [-0.15, -0.1) is 0 Å². The molecule has 1 atom stereocenters. The Balaban J connectivity index is 1.54. The minimum absolute atomic E-state index is 0.505. The molecule has 0 amide bonds. The Labute approximate surface area is 135 Å². The highest BCUT2D eigenvalue weighted by molar-refractivity contribution is 5.76. The minimum Gasteiger partial charge on any atom is -0.353 e. The summed E-state index contributed by atoms with van der Waals surface area (Å²) in [6.07, 6.45) is 7.36. The van der Waals surface area contributed by atoms with Crippen LogP contribution in [0.15, 0.2) is 42.9 Å². The van der Waals surface area contributed by atoms with Gasteiger partial charge in [0.05, 0.1) is 11.0 Å². The summed E-state index contributed by atoms with van der Waals surface area (Å²) in [6, 6.07) is 10.5. The topological polar surface area (TPSA) is 67.7 Å². The molecule has 23 heavy (non-hydrogen) atoms. The first kappa shape index (κ1) is 14.1. The van der Waals surface area contributed by atoms with Crippen LogP contribution >= 0.6 is 0 Å². The molecule has 0 spiro atoms. The molecule has 1 aromatic carbocycles. The monoisotopic (exact) mass is 308 g/mol. The van der Waals surface area contributed by atoms with E-state index in [1.54, 1.807) is 12.5 Å². The Morgan fingerprint density at radius 1 is 1.17 bits per heavy atom. The molecule has 6 nitrogen and oxygen atoms in total. The number of anilines is 1. The molecule has 2 aromatic heterocycles. The Hall–Kier alpha value is -2.47. The van der Waals surface area contributed by atoms with Crippen molar-refractivity contribution in [2.45, 2.75) is 25.3 Å². The molecule has 1 saturated heterocycles. The van der Waals surface area contributed by atoms with Gasteiger partial charge in [-0.1, -0.05) is 18.6 Å². The number of para-hydroxylation sites is 2. The molecule has 3 aromatic rings. The molecule has 118 valence electrons. The van der Waals surface area contributed by atoms with Crippen molar-refractivity contribution < 1.29 is 0 Å². The van der Waals surface area contributed by atoms with Crippen LogP contribution in [0.4, 0.5) is 5.95 Å². The number of rotatable bonds is 4. The average molecular weight is 308 g/mol. The molecule has 1 unspecified atom stereocenters. The largest absolute Gasteiger partial charge is 0.353 e. The van der Waals surface area contributed by atoms with Crippen molar-refractivity contribution in [2.75, 3.05) is 18.4 Å². The number of imidazole rings is 1. The molecule has 0 bridgehead atoms. The van der Waals surface area contributed by atoms with Gasteiger partial charge in [-0.05, 0) is 37.6 Å². The number of hydrogen-bond acceptors (Lipinski definition) is 5. The van der Waals surface area contributed by atoms with Crippen molar-refractivity contribution in [1.82, 2.24) is 24.8 Å². The Morgan fingerprint density at radius 2 is 2.13 bits per heavy atom. The molecule has 3 heterocycles. The van der Waals surface area contributed by atoms with Crippen molar-refractivity contribution in [3.63, 3.8) is 0 Å². The highest BCUT2D eigenvalue weighted by atomic mass is 15.2. The molecular weight excluding hydrogens is 288 g/mol. The summed E-state index contributed by atoms with van der Waals surface area (Å²) in [4.78, 5) is 13.4. The van der Waals surface area contributed by atoms with Crippen LogP contribution < -0.4 is 10.6 Å². The molecule has 1 aliphatic rings. The van der Waals surface area contributed by atoms with Crippen LogP contribution in [0, 0.1) is 0 Å². The van der Waals surface area contributed by atoms with Gasteiger partial charge in [-0.25, -0.2) is 9.97 Å². The average Bonchev–Trinajstić information content (AvgIpc) is 3.05. The number of benzene rings is 1. The first-order valence-electron chi connectivity index (χ1n) is 8.13. The number of nitrogens with zero attached hydrogens (tertiary/aromatic N) is 4. The van der Waals surface area contributed by atoms with Crippen LogP contribution in [0.25, 0.3) is 16.9 Å². The van der Waals surface area contributed by atoms with E-state index in [-0.39, 0.29) is 0 Å². The Bertz CT molecular complexity index is 790. The third-order valence-electron chi connectivity index (χ3n) is 4.26. The van der Waals surface area contributed by atoms with Crippen LogP contribution in [0.2, 0.25) is 0 Å². The van der Waals surface area contributed by atoms with Crippen LogP contribution in [-0.4, -0.2) is 38.7 Å². The van der Waals surface area contributed by atoms with E-state index in [4.69, 9.17) is 0 Å². The lowest BCUT2D eigenvalue weighted by atomic mass is 10.1. The molecule has 1 aliphatic heterocycles. The fourth-order valence-corrected chi connectivity index (χ4v) is 3.02. The fraction of sp³-hybridized carbons (Fsp3) is 0.353. The molecule has 1 fully saturated rings. The van der Waals surface area contributed by atoms with Gasteiger partial charge >= 0.3 is 0 Å². The van der Waals surface area contributed by atoms with Gasteiger partial charge < -0.3 is 10.6 Å². The molecular formula is C17H20N6. The van der Waals surface area contributed by atoms with Gasteiger partial charge in [0.25, 0.3) is 0 Å². The Kier molecular flexibility index (Phi) is 3.90. The van der Waals surface area contributed by atoms with Crippen molar-refractivity contribution in [2.24, 2.45) is 0 Å². The SMILES string of the molecule is c1ccc2c(c1)ncn2-c1ccnc(NCC2CCCCN2)n1. The first-order chi connectivity index (χ1) is 11.4. The molecule has 0 radical (unpaired) electrons. The summed E-state index contributed by atoms with van der Waals surface area (Å²) in [5.41, 5.74) is 2.01. The van der Waals surface area contributed by atoms with Crippen LogP contribution in [0.5, 0.6) is 0 Å². The normalized spacial score (nSPS) is 18.2. The zero-order chi connectivity index (χ0) is 15.5. The fourth-order valence-electron chi connectivity index (χ4n) is 3.02. The number of aromatic nitrogens is 4. The van der Waals surface area contributed by atoms with Gasteiger partial charge in [0, 0.05) is 18.8 Å².